The first-order chi connectivity index (χ1) is 8.51. The summed E-state index contributed by atoms with van der Waals surface area (Å²) in [5.41, 5.74) is -0.607. The minimum absolute atomic E-state index is 0.198. The number of ether oxygens (including phenoxy) is 1. The molecule has 0 aliphatic heterocycles. The number of esters is 1. The topological polar surface area (TPSA) is 63.0 Å². The highest BCUT2D eigenvalue weighted by Gasteiger charge is 2.21. The molecule has 0 spiro atoms. The Bertz CT molecular complexity index is 501. The predicted molar refractivity (Wildman–Crippen MR) is 67.0 cm³/mol. The number of hydrogen-bond acceptors (Lipinski definition) is 4. The number of halogens is 3. The molecule has 0 bridgehead atoms. The molecule has 96 valence electrons. The molecule has 0 aliphatic carbocycles. The Morgan fingerprint density at radius 2 is 2.33 bits per heavy atom. The maximum Gasteiger partial charge on any atom is 0.310 e. The molecule has 18 heavy (non-hydrogen) atoms. The number of hydrogen-bond donors (Lipinski definition) is 0. The summed E-state index contributed by atoms with van der Waals surface area (Å²) in [6, 6.07) is 1.68. The molecular weight excluding hydrogens is 357 g/mol. The number of pyridine rings is 1. The minimum Gasteiger partial charge on any atom is -0.466 e. The minimum atomic E-state index is -2.85. The largest absolute Gasteiger partial charge is 0.466 e. The van der Waals surface area contributed by atoms with Gasteiger partial charge < -0.3 is 4.74 Å². The number of alkyl halides is 2. The lowest BCUT2D eigenvalue weighted by Crippen LogP contribution is -2.12. The van der Waals surface area contributed by atoms with Crippen molar-refractivity contribution in [2.45, 2.75) is 19.8 Å². The predicted octanol–water partition coefficient (Wildman–Crippen LogP) is 2.60. The van der Waals surface area contributed by atoms with Gasteiger partial charge in [0, 0.05) is 9.77 Å². The van der Waals surface area contributed by atoms with Gasteiger partial charge in [0.05, 0.1) is 18.6 Å². The molecule has 1 aromatic heterocycles. The molecule has 0 amide bonds. The van der Waals surface area contributed by atoms with Crippen LogP contribution in [-0.2, 0) is 16.0 Å². The quantitative estimate of drug-likeness (QED) is 0.607. The van der Waals surface area contributed by atoms with Crippen molar-refractivity contribution in [3.8, 4) is 6.07 Å². The van der Waals surface area contributed by atoms with Gasteiger partial charge in [-0.05, 0) is 35.1 Å². The SMILES string of the molecule is CCOC(=O)Cc1c(I)cnc(C(F)F)c1C#N. The first-order valence-electron chi connectivity index (χ1n) is 5.02. The van der Waals surface area contributed by atoms with Gasteiger partial charge in [-0.1, -0.05) is 0 Å². The van der Waals surface area contributed by atoms with Crippen LogP contribution in [0.5, 0.6) is 0 Å². The lowest BCUT2D eigenvalue weighted by molar-refractivity contribution is -0.142. The van der Waals surface area contributed by atoms with Crippen molar-refractivity contribution >= 4 is 28.6 Å². The van der Waals surface area contributed by atoms with Crippen LogP contribution in [0.15, 0.2) is 6.20 Å². The number of carbonyl (C=O) groups is 1. The van der Waals surface area contributed by atoms with Crippen LogP contribution in [0, 0.1) is 14.9 Å². The van der Waals surface area contributed by atoms with Gasteiger partial charge in [0.25, 0.3) is 6.43 Å². The zero-order valence-electron chi connectivity index (χ0n) is 9.41. The third-order valence-electron chi connectivity index (χ3n) is 2.11. The van der Waals surface area contributed by atoms with E-state index in [2.05, 4.69) is 4.98 Å². The van der Waals surface area contributed by atoms with Crippen molar-refractivity contribution < 1.29 is 18.3 Å². The average Bonchev–Trinajstić information content (AvgIpc) is 2.31. The average molecular weight is 366 g/mol. The van der Waals surface area contributed by atoms with Crippen LogP contribution in [0.1, 0.15) is 30.2 Å². The number of aromatic nitrogens is 1. The lowest BCUT2D eigenvalue weighted by atomic mass is 10.0. The maximum absolute atomic E-state index is 12.7. The van der Waals surface area contributed by atoms with E-state index in [0.29, 0.717) is 3.57 Å². The van der Waals surface area contributed by atoms with Gasteiger partial charge in [-0.15, -0.1) is 0 Å². The zero-order valence-corrected chi connectivity index (χ0v) is 11.6. The summed E-state index contributed by atoms with van der Waals surface area (Å²) in [4.78, 5) is 14.9. The van der Waals surface area contributed by atoms with Crippen molar-refractivity contribution in [3.63, 3.8) is 0 Å². The van der Waals surface area contributed by atoms with Gasteiger partial charge in [-0.2, -0.15) is 5.26 Å². The molecule has 0 saturated heterocycles. The normalized spacial score (nSPS) is 10.2. The van der Waals surface area contributed by atoms with Crippen molar-refractivity contribution in [2.24, 2.45) is 0 Å². The highest BCUT2D eigenvalue weighted by molar-refractivity contribution is 14.1. The Hall–Kier alpha value is -1.30. The van der Waals surface area contributed by atoms with E-state index in [9.17, 15) is 13.6 Å². The van der Waals surface area contributed by atoms with Gasteiger partial charge in [0.15, 0.2) is 0 Å². The van der Waals surface area contributed by atoms with E-state index in [4.69, 9.17) is 10.00 Å². The molecule has 0 fully saturated rings. The summed E-state index contributed by atoms with van der Waals surface area (Å²) >= 11 is 1.84. The molecule has 1 rings (SSSR count). The monoisotopic (exact) mass is 366 g/mol. The fraction of sp³-hybridized carbons (Fsp3) is 0.364. The van der Waals surface area contributed by atoms with Crippen LogP contribution < -0.4 is 0 Å². The van der Waals surface area contributed by atoms with Gasteiger partial charge in [0.1, 0.15) is 11.8 Å². The van der Waals surface area contributed by atoms with Gasteiger partial charge in [-0.3, -0.25) is 9.78 Å². The van der Waals surface area contributed by atoms with Crippen molar-refractivity contribution in [3.05, 3.63) is 26.6 Å². The Morgan fingerprint density at radius 3 is 2.83 bits per heavy atom. The van der Waals surface area contributed by atoms with Crippen LogP contribution in [0.3, 0.4) is 0 Å². The Labute approximate surface area is 116 Å². The summed E-state index contributed by atoms with van der Waals surface area (Å²) in [5, 5.41) is 8.94. The van der Waals surface area contributed by atoms with Crippen molar-refractivity contribution in [2.75, 3.05) is 6.61 Å². The first kappa shape index (κ1) is 14.8. The van der Waals surface area contributed by atoms with Crippen LogP contribution in [0.4, 0.5) is 8.78 Å². The third-order valence-corrected chi connectivity index (χ3v) is 3.04. The molecule has 0 aliphatic rings. The standard InChI is InChI=1S/C11H9F2IN2O2/c1-2-18-9(17)3-6-7(4-15)10(11(12)13)16-5-8(6)14/h5,11H,2-3H2,1H3. The van der Waals surface area contributed by atoms with Crippen LogP contribution in [0.25, 0.3) is 0 Å². The van der Waals surface area contributed by atoms with Crippen LogP contribution in [-0.4, -0.2) is 17.6 Å². The number of carbonyl (C=O) groups excluding carboxylic acids is 1. The molecule has 1 heterocycles. The molecule has 0 atom stereocenters. The fourth-order valence-corrected chi connectivity index (χ4v) is 1.96. The van der Waals surface area contributed by atoms with Gasteiger partial charge in [-0.25, -0.2) is 8.78 Å². The van der Waals surface area contributed by atoms with Gasteiger partial charge >= 0.3 is 5.97 Å². The summed E-state index contributed by atoms with van der Waals surface area (Å²) < 4.78 is 30.6. The zero-order chi connectivity index (χ0) is 13.7. The van der Waals surface area contributed by atoms with Gasteiger partial charge in [0.2, 0.25) is 0 Å². The van der Waals surface area contributed by atoms with E-state index in [-0.39, 0.29) is 24.2 Å². The summed E-state index contributed by atoms with van der Waals surface area (Å²) in [6.07, 6.45) is -1.84. The number of nitriles is 1. The number of rotatable bonds is 4. The Balaban J connectivity index is 3.21. The van der Waals surface area contributed by atoms with Crippen LogP contribution >= 0.6 is 22.6 Å². The molecule has 0 saturated carbocycles. The Morgan fingerprint density at radius 1 is 1.67 bits per heavy atom. The fourth-order valence-electron chi connectivity index (χ4n) is 1.36. The molecule has 4 nitrogen and oxygen atoms in total. The van der Waals surface area contributed by atoms with Crippen LogP contribution in [0.2, 0.25) is 0 Å². The van der Waals surface area contributed by atoms with E-state index in [1.165, 1.54) is 6.20 Å². The van der Waals surface area contributed by atoms with E-state index in [1.807, 2.05) is 22.6 Å². The van der Waals surface area contributed by atoms with E-state index in [1.54, 1.807) is 13.0 Å². The second-order valence-corrected chi connectivity index (χ2v) is 4.40. The van der Waals surface area contributed by atoms with Crippen molar-refractivity contribution in [1.29, 1.82) is 5.26 Å². The summed E-state index contributed by atoms with van der Waals surface area (Å²) in [6.45, 7) is 1.84. The highest BCUT2D eigenvalue weighted by atomic mass is 127. The second-order valence-electron chi connectivity index (χ2n) is 3.24. The first-order valence-corrected chi connectivity index (χ1v) is 6.10. The lowest BCUT2D eigenvalue weighted by Gasteiger charge is -2.09. The molecular formula is C11H9F2IN2O2. The summed E-state index contributed by atoms with van der Waals surface area (Å²) in [7, 11) is 0. The molecule has 0 unspecified atom stereocenters. The van der Waals surface area contributed by atoms with Crippen molar-refractivity contribution in [1.82, 2.24) is 4.98 Å². The number of nitrogens with zero attached hydrogens (tertiary/aromatic N) is 2. The Kier molecular flexibility index (Phi) is 5.40. The molecule has 0 radical (unpaired) electrons. The molecule has 1 aromatic rings. The van der Waals surface area contributed by atoms with E-state index < -0.39 is 18.1 Å². The maximum atomic E-state index is 12.7. The molecule has 0 aromatic carbocycles. The smallest absolute Gasteiger partial charge is 0.310 e. The highest BCUT2D eigenvalue weighted by Crippen LogP contribution is 2.26. The third kappa shape index (κ3) is 3.35. The molecule has 7 heteroatoms. The second kappa shape index (κ2) is 6.58. The van der Waals surface area contributed by atoms with E-state index in [0.717, 1.165) is 0 Å². The summed E-state index contributed by atoms with van der Waals surface area (Å²) in [5.74, 6) is -0.557. The van der Waals surface area contributed by atoms with E-state index >= 15 is 0 Å². The molecule has 0 N–H and O–H groups in total.